The normalized spacial score (nSPS) is 12.6. The maximum atomic E-state index is 9.21. The van der Waals surface area contributed by atoms with E-state index in [1.807, 2.05) is 12.1 Å². The summed E-state index contributed by atoms with van der Waals surface area (Å²) in [6.45, 7) is 4.12. The molecule has 0 amide bonds. The van der Waals surface area contributed by atoms with E-state index in [-0.39, 0.29) is 0 Å². The Morgan fingerprint density at radius 2 is 1.89 bits per heavy atom. The average Bonchev–Trinajstić information content (AvgIpc) is 2.36. The number of benzene rings is 1. The number of aromatic hydroxyl groups is 1. The zero-order valence-electron chi connectivity index (χ0n) is 11.5. The number of nitrogens with one attached hydrogen (secondary N) is 1. The first-order valence-corrected chi connectivity index (χ1v) is 6.72. The van der Waals surface area contributed by atoms with E-state index in [1.54, 1.807) is 19.2 Å². The molecule has 3 heteroatoms. The summed E-state index contributed by atoms with van der Waals surface area (Å²) in [5.74, 6) is 0.331. The maximum Gasteiger partial charge on any atom is 0.115 e. The number of ether oxygens (including phenoxy) is 1. The summed E-state index contributed by atoms with van der Waals surface area (Å²) in [5.41, 5.74) is 1.26. The second-order valence-electron chi connectivity index (χ2n) is 4.78. The van der Waals surface area contributed by atoms with Crippen molar-refractivity contribution >= 4 is 0 Å². The van der Waals surface area contributed by atoms with E-state index in [2.05, 4.69) is 12.2 Å². The summed E-state index contributed by atoms with van der Waals surface area (Å²) >= 11 is 0. The van der Waals surface area contributed by atoms with Crippen LogP contribution in [0.3, 0.4) is 0 Å². The van der Waals surface area contributed by atoms with E-state index < -0.39 is 0 Å². The van der Waals surface area contributed by atoms with E-state index >= 15 is 0 Å². The van der Waals surface area contributed by atoms with Gasteiger partial charge in [0.2, 0.25) is 0 Å². The van der Waals surface area contributed by atoms with Crippen LogP contribution >= 0.6 is 0 Å². The molecule has 0 fully saturated rings. The van der Waals surface area contributed by atoms with Gasteiger partial charge < -0.3 is 15.2 Å². The van der Waals surface area contributed by atoms with Crippen LogP contribution in [0.2, 0.25) is 0 Å². The molecule has 0 saturated carbocycles. The molecule has 0 aliphatic carbocycles. The molecule has 102 valence electrons. The lowest BCUT2D eigenvalue weighted by Crippen LogP contribution is -2.28. The minimum absolute atomic E-state index is 0.331. The number of methoxy groups -OCH3 is 1. The van der Waals surface area contributed by atoms with Gasteiger partial charge >= 0.3 is 0 Å². The molecule has 0 radical (unpaired) electrons. The molecule has 18 heavy (non-hydrogen) atoms. The first-order chi connectivity index (χ1) is 8.72. The van der Waals surface area contributed by atoms with Crippen molar-refractivity contribution in [3.63, 3.8) is 0 Å². The van der Waals surface area contributed by atoms with Crippen molar-refractivity contribution in [3.05, 3.63) is 29.8 Å². The Kier molecular flexibility index (Phi) is 7.46. The lowest BCUT2D eigenvalue weighted by Gasteiger charge is -2.13. The third-order valence-corrected chi connectivity index (χ3v) is 3.00. The van der Waals surface area contributed by atoms with E-state index in [9.17, 15) is 5.11 Å². The number of phenols is 1. The topological polar surface area (TPSA) is 41.5 Å². The smallest absolute Gasteiger partial charge is 0.115 e. The number of phenolic OH excluding ortho intramolecular Hbond substituents is 1. The summed E-state index contributed by atoms with van der Waals surface area (Å²) in [5, 5.41) is 12.7. The predicted octanol–water partition coefficient (Wildman–Crippen LogP) is 2.73. The van der Waals surface area contributed by atoms with Crippen LogP contribution in [0.25, 0.3) is 0 Å². The number of unbranched alkanes of at least 4 members (excludes halogenated alkanes) is 2. The summed E-state index contributed by atoms with van der Waals surface area (Å²) in [4.78, 5) is 0. The highest BCUT2D eigenvalue weighted by atomic mass is 16.5. The van der Waals surface area contributed by atoms with Gasteiger partial charge in [0.15, 0.2) is 0 Å². The minimum Gasteiger partial charge on any atom is -0.508 e. The third-order valence-electron chi connectivity index (χ3n) is 3.00. The molecule has 1 atom stereocenters. The number of hydrogen-bond donors (Lipinski definition) is 2. The van der Waals surface area contributed by atoms with Crippen LogP contribution in [0, 0.1) is 0 Å². The molecule has 0 heterocycles. The summed E-state index contributed by atoms with van der Waals surface area (Å²) in [7, 11) is 1.75. The Balaban J connectivity index is 2.10. The van der Waals surface area contributed by atoms with Gasteiger partial charge in [-0.2, -0.15) is 0 Å². The Hall–Kier alpha value is -1.06. The molecule has 0 aliphatic rings. The highest BCUT2D eigenvalue weighted by Crippen LogP contribution is 2.11. The fourth-order valence-electron chi connectivity index (χ4n) is 1.95. The van der Waals surface area contributed by atoms with Gasteiger partial charge in [0.05, 0.1) is 0 Å². The number of rotatable bonds is 9. The van der Waals surface area contributed by atoms with E-state index in [4.69, 9.17) is 4.74 Å². The molecule has 1 unspecified atom stereocenters. The van der Waals surface area contributed by atoms with Crippen molar-refractivity contribution in [2.45, 2.75) is 38.6 Å². The van der Waals surface area contributed by atoms with Crippen molar-refractivity contribution < 1.29 is 9.84 Å². The zero-order valence-corrected chi connectivity index (χ0v) is 11.5. The van der Waals surface area contributed by atoms with Crippen molar-refractivity contribution in [1.29, 1.82) is 0 Å². The molecular weight excluding hydrogens is 226 g/mol. The van der Waals surface area contributed by atoms with Crippen molar-refractivity contribution in [2.24, 2.45) is 0 Å². The Morgan fingerprint density at radius 3 is 2.56 bits per heavy atom. The van der Waals surface area contributed by atoms with Crippen LogP contribution < -0.4 is 5.32 Å². The van der Waals surface area contributed by atoms with E-state index in [0.29, 0.717) is 11.8 Å². The van der Waals surface area contributed by atoms with Crippen LogP contribution in [0.5, 0.6) is 5.75 Å². The van der Waals surface area contributed by atoms with Gasteiger partial charge in [-0.15, -0.1) is 0 Å². The quantitative estimate of drug-likeness (QED) is 0.663. The lowest BCUT2D eigenvalue weighted by atomic mass is 10.1. The second-order valence-corrected chi connectivity index (χ2v) is 4.78. The first-order valence-electron chi connectivity index (χ1n) is 6.72. The molecule has 0 spiro atoms. The van der Waals surface area contributed by atoms with Crippen LogP contribution in [0.4, 0.5) is 0 Å². The van der Waals surface area contributed by atoms with Crippen molar-refractivity contribution in [3.8, 4) is 5.75 Å². The van der Waals surface area contributed by atoms with Gasteiger partial charge in [-0.1, -0.05) is 12.1 Å². The van der Waals surface area contributed by atoms with Gasteiger partial charge in [0, 0.05) is 19.8 Å². The van der Waals surface area contributed by atoms with Crippen LogP contribution in [0.15, 0.2) is 24.3 Å². The van der Waals surface area contributed by atoms with Gasteiger partial charge in [-0.3, -0.25) is 0 Å². The lowest BCUT2D eigenvalue weighted by molar-refractivity contribution is 0.192. The monoisotopic (exact) mass is 251 g/mol. The zero-order chi connectivity index (χ0) is 13.2. The molecule has 1 aromatic rings. The Morgan fingerprint density at radius 1 is 1.17 bits per heavy atom. The largest absolute Gasteiger partial charge is 0.508 e. The fraction of sp³-hybridized carbons (Fsp3) is 0.600. The first kappa shape index (κ1) is 15.0. The Labute approximate surface area is 110 Å². The van der Waals surface area contributed by atoms with Crippen molar-refractivity contribution in [2.75, 3.05) is 20.3 Å². The predicted molar refractivity (Wildman–Crippen MR) is 75.0 cm³/mol. The minimum atomic E-state index is 0.331. The second kappa shape index (κ2) is 8.95. The molecule has 0 aliphatic heterocycles. The molecule has 0 bridgehead atoms. The molecule has 2 N–H and O–H groups in total. The molecule has 3 nitrogen and oxygen atoms in total. The summed E-state index contributed by atoms with van der Waals surface area (Å²) in [6, 6.07) is 7.91. The highest BCUT2D eigenvalue weighted by Gasteiger charge is 2.02. The van der Waals surface area contributed by atoms with E-state index in [1.165, 1.54) is 18.4 Å². The molecule has 0 aromatic heterocycles. The molecule has 1 aromatic carbocycles. The van der Waals surface area contributed by atoms with Crippen LogP contribution in [-0.4, -0.2) is 31.4 Å². The van der Waals surface area contributed by atoms with Crippen LogP contribution in [0.1, 0.15) is 31.7 Å². The summed E-state index contributed by atoms with van der Waals surface area (Å²) in [6.07, 6.45) is 4.55. The average molecular weight is 251 g/mol. The van der Waals surface area contributed by atoms with Crippen molar-refractivity contribution in [1.82, 2.24) is 5.32 Å². The fourth-order valence-corrected chi connectivity index (χ4v) is 1.95. The molecule has 1 rings (SSSR count). The van der Waals surface area contributed by atoms with Crippen LogP contribution in [-0.2, 0) is 11.2 Å². The van der Waals surface area contributed by atoms with Gasteiger partial charge in [-0.05, 0) is 56.8 Å². The molecule has 0 saturated heterocycles. The SMILES string of the molecule is COCCCCCNC(C)Cc1ccc(O)cc1. The van der Waals surface area contributed by atoms with Gasteiger partial charge in [0.25, 0.3) is 0 Å². The maximum absolute atomic E-state index is 9.21. The number of hydrogen-bond acceptors (Lipinski definition) is 3. The Bertz CT molecular complexity index is 311. The standard InChI is InChI=1S/C15H25NO2/c1-13(16-10-4-3-5-11-18-2)12-14-6-8-15(17)9-7-14/h6-9,13,16-17H,3-5,10-12H2,1-2H3. The highest BCUT2D eigenvalue weighted by molar-refractivity contribution is 5.26. The summed E-state index contributed by atoms with van der Waals surface area (Å²) < 4.78 is 5.02. The van der Waals surface area contributed by atoms with E-state index in [0.717, 1.165) is 26.0 Å². The third kappa shape index (κ3) is 6.62. The van der Waals surface area contributed by atoms with Gasteiger partial charge in [0.1, 0.15) is 5.75 Å². The molecular formula is C15H25NO2. The van der Waals surface area contributed by atoms with Gasteiger partial charge in [-0.25, -0.2) is 0 Å².